The Hall–Kier alpha value is -2.21. The fraction of sp³-hybridized carbons (Fsp3) is 0.0526. The predicted molar refractivity (Wildman–Crippen MR) is 100 cm³/mol. The minimum absolute atomic E-state index is 0.392. The number of rotatable bonds is 6. The van der Waals surface area contributed by atoms with Crippen molar-refractivity contribution in [2.75, 3.05) is 0 Å². The average molecular weight is 355 g/mol. The standard InChI is InChI=1S/C19H17NO2S2/c21-24(22,15-13-16-8-3-1-4-9-16)20-19(18-12-7-14-23-18)17-10-5-2-6-11-17/h1-15,19-20H/b15-13+/t19-/m0/s1. The summed E-state index contributed by atoms with van der Waals surface area (Å²) in [5, 5.41) is 3.16. The lowest BCUT2D eigenvalue weighted by molar-refractivity contribution is 0.583. The third-order valence-electron chi connectivity index (χ3n) is 3.48. The molecule has 0 bridgehead atoms. The minimum atomic E-state index is -3.58. The molecule has 3 aromatic rings. The Balaban J connectivity index is 1.86. The van der Waals surface area contributed by atoms with E-state index >= 15 is 0 Å². The van der Waals surface area contributed by atoms with Gasteiger partial charge in [-0.1, -0.05) is 66.7 Å². The van der Waals surface area contributed by atoms with Crippen LogP contribution in [0.25, 0.3) is 6.08 Å². The lowest BCUT2D eigenvalue weighted by atomic mass is 10.1. The van der Waals surface area contributed by atoms with Gasteiger partial charge in [0.1, 0.15) is 0 Å². The first-order valence-corrected chi connectivity index (χ1v) is 9.90. The summed E-state index contributed by atoms with van der Waals surface area (Å²) in [7, 11) is -3.58. The zero-order valence-corrected chi connectivity index (χ0v) is 14.5. The van der Waals surface area contributed by atoms with Crippen molar-refractivity contribution in [2.24, 2.45) is 0 Å². The molecule has 1 atom stereocenters. The van der Waals surface area contributed by atoms with E-state index in [0.717, 1.165) is 16.0 Å². The highest BCUT2D eigenvalue weighted by Crippen LogP contribution is 2.26. The molecule has 0 unspecified atom stereocenters. The van der Waals surface area contributed by atoms with Gasteiger partial charge in [-0.2, -0.15) is 4.72 Å². The Bertz CT molecular complexity index is 887. The van der Waals surface area contributed by atoms with Gasteiger partial charge in [0.25, 0.3) is 0 Å². The van der Waals surface area contributed by atoms with E-state index in [1.54, 1.807) is 6.08 Å². The fourth-order valence-corrected chi connectivity index (χ4v) is 4.21. The Labute approximate surface area is 146 Å². The SMILES string of the molecule is O=S(=O)(/C=C/c1ccccc1)N[C@@H](c1ccccc1)c1cccs1. The summed E-state index contributed by atoms with van der Waals surface area (Å²) in [5.74, 6) is 0. The highest BCUT2D eigenvalue weighted by Gasteiger charge is 2.20. The topological polar surface area (TPSA) is 46.2 Å². The van der Waals surface area contributed by atoms with Crippen molar-refractivity contribution < 1.29 is 8.42 Å². The van der Waals surface area contributed by atoms with Crippen molar-refractivity contribution in [1.29, 1.82) is 0 Å². The summed E-state index contributed by atoms with van der Waals surface area (Å²) in [6, 6.07) is 22.4. The molecule has 1 N–H and O–H groups in total. The third kappa shape index (κ3) is 4.41. The zero-order valence-electron chi connectivity index (χ0n) is 12.9. The second-order valence-corrected chi connectivity index (χ2v) is 7.81. The average Bonchev–Trinajstić information content (AvgIpc) is 3.14. The molecule has 2 aromatic carbocycles. The van der Waals surface area contributed by atoms with Crippen LogP contribution >= 0.6 is 11.3 Å². The maximum absolute atomic E-state index is 12.5. The van der Waals surface area contributed by atoms with Gasteiger partial charge in [0.15, 0.2) is 0 Å². The summed E-state index contributed by atoms with van der Waals surface area (Å²) >= 11 is 1.53. The van der Waals surface area contributed by atoms with Crippen LogP contribution in [0, 0.1) is 0 Å². The number of nitrogens with one attached hydrogen (secondary N) is 1. The van der Waals surface area contributed by atoms with Crippen molar-refractivity contribution in [3.05, 3.63) is 99.6 Å². The quantitative estimate of drug-likeness (QED) is 0.711. The van der Waals surface area contributed by atoms with Gasteiger partial charge in [-0.05, 0) is 28.6 Å². The van der Waals surface area contributed by atoms with E-state index in [9.17, 15) is 8.42 Å². The molecular weight excluding hydrogens is 338 g/mol. The van der Waals surface area contributed by atoms with Gasteiger partial charge in [0.05, 0.1) is 6.04 Å². The third-order valence-corrected chi connectivity index (χ3v) is 5.48. The summed E-state index contributed by atoms with van der Waals surface area (Å²) in [4.78, 5) is 0.956. The van der Waals surface area contributed by atoms with Crippen molar-refractivity contribution in [2.45, 2.75) is 6.04 Å². The highest BCUT2D eigenvalue weighted by atomic mass is 32.2. The second-order valence-electron chi connectivity index (χ2n) is 5.24. The molecule has 0 aliphatic carbocycles. The van der Waals surface area contributed by atoms with Gasteiger partial charge in [0, 0.05) is 10.3 Å². The van der Waals surface area contributed by atoms with Crippen LogP contribution in [0.2, 0.25) is 0 Å². The number of sulfonamides is 1. The Morgan fingerprint density at radius 2 is 1.54 bits per heavy atom. The smallest absolute Gasteiger partial charge is 0.208 e. The van der Waals surface area contributed by atoms with Gasteiger partial charge < -0.3 is 0 Å². The number of hydrogen-bond acceptors (Lipinski definition) is 3. The molecule has 3 nitrogen and oxygen atoms in total. The molecule has 0 saturated carbocycles. The molecule has 0 fully saturated rings. The molecule has 5 heteroatoms. The van der Waals surface area contributed by atoms with Gasteiger partial charge in [-0.3, -0.25) is 0 Å². The maximum atomic E-state index is 12.5. The van der Waals surface area contributed by atoms with Crippen molar-refractivity contribution in [3.63, 3.8) is 0 Å². The lowest BCUT2D eigenvalue weighted by Crippen LogP contribution is -2.27. The van der Waals surface area contributed by atoms with Gasteiger partial charge in [-0.15, -0.1) is 11.3 Å². The molecule has 0 spiro atoms. The van der Waals surface area contributed by atoms with E-state index in [4.69, 9.17) is 0 Å². The fourth-order valence-electron chi connectivity index (χ4n) is 2.33. The lowest BCUT2D eigenvalue weighted by Gasteiger charge is -2.16. The molecule has 0 aliphatic heterocycles. The molecule has 0 aliphatic rings. The van der Waals surface area contributed by atoms with E-state index in [0.29, 0.717) is 0 Å². The van der Waals surface area contributed by atoms with Crippen LogP contribution in [0.5, 0.6) is 0 Å². The second kappa shape index (κ2) is 7.57. The maximum Gasteiger partial charge on any atom is 0.234 e. The molecule has 0 radical (unpaired) electrons. The van der Waals surface area contributed by atoms with Gasteiger partial charge in [0.2, 0.25) is 10.0 Å². The van der Waals surface area contributed by atoms with Crippen LogP contribution in [0.1, 0.15) is 22.0 Å². The highest BCUT2D eigenvalue weighted by molar-refractivity contribution is 7.92. The van der Waals surface area contributed by atoms with Crippen LogP contribution in [0.15, 0.2) is 83.6 Å². The molecule has 0 amide bonds. The van der Waals surface area contributed by atoms with Crippen molar-refractivity contribution >= 4 is 27.4 Å². The molecule has 0 saturated heterocycles. The van der Waals surface area contributed by atoms with E-state index in [-0.39, 0.29) is 0 Å². The van der Waals surface area contributed by atoms with Crippen LogP contribution in [-0.4, -0.2) is 8.42 Å². The molecule has 122 valence electrons. The molecular formula is C19H17NO2S2. The monoisotopic (exact) mass is 355 g/mol. The van der Waals surface area contributed by atoms with Crippen molar-refractivity contribution in [3.8, 4) is 0 Å². The Morgan fingerprint density at radius 3 is 2.17 bits per heavy atom. The summed E-state index contributed by atoms with van der Waals surface area (Å²) < 4.78 is 27.8. The minimum Gasteiger partial charge on any atom is -0.208 e. The first kappa shape index (κ1) is 16.6. The van der Waals surface area contributed by atoms with Gasteiger partial charge in [-0.25, -0.2) is 8.42 Å². The largest absolute Gasteiger partial charge is 0.234 e. The van der Waals surface area contributed by atoms with Crippen molar-refractivity contribution in [1.82, 2.24) is 4.72 Å². The number of benzene rings is 2. The first-order chi connectivity index (χ1) is 11.6. The van der Waals surface area contributed by atoms with Crippen LogP contribution in [0.4, 0.5) is 0 Å². The number of thiophene rings is 1. The van der Waals surface area contributed by atoms with E-state index < -0.39 is 16.1 Å². The first-order valence-electron chi connectivity index (χ1n) is 7.48. The predicted octanol–water partition coefficient (Wildman–Crippen LogP) is 4.43. The molecule has 3 rings (SSSR count). The summed E-state index contributed by atoms with van der Waals surface area (Å²) in [6.07, 6.45) is 1.60. The Morgan fingerprint density at radius 1 is 0.875 bits per heavy atom. The molecule has 1 heterocycles. The van der Waals surface area contributed by atoms with E-state index in [1.807, 2.05) is 78.2 Å². The van der Waals surface area contributed by atoms with Crippen LogP contribution in [-0.2, 0) is 10.0 Å². The van der Waals surface area contributed by atoms with Crippen LogP contribution < -0.4 is 4.72 Å². The zero-order chi connectivity index (χ0) is 16.8. The van der Waals surface area contributed by atoms with E-state index in [1.165, 1.54) is 16.7 Å². The number of hydrogen-bond donors (Lipinski definition) is 1. The molecule has 1 aromatic heterocycles. The summed E-state index contributed by atoms with van der Waals surface area (Å²) in [5.41, 5.74) is 1.76. The Kier molecular flexibility index (Phi) is 5.25. The van der Waals surface area contributed by atoms with Crippen LogP contribution in [0.3, 0.4) is 0 Å². The summed E-state index contributed by atoms with van der Waals surface area (Å²) in [6.45, 7) is 0. The van der Waals surface area contributed by atoms with Gasteiger partial charge >= 0.3 is 0 Å². The van der Waals surface area contributed by atoms with E-state index in [2.05, 4.69) is 4.72 Å². The normalized spacial score (nSPS) is 13.2. The molecule has 24 heavy (non-hydrogen) atoms.